The fraction of sp³-hybridized carbons (Fsp3) is 0.333. The summed E-state index contributed by atoms with van der Waals surface area (Å²) in [5.74, 6) is -0.122. The summed E-state index contributed by atoms with van der Waals surface area (Å²) < 4.78 is 20.1. The molecule has 0 spiro atoms. The normalized spacial score (nSPS) is 10.5. The highest BCUT2D eigenvalue weighted by atomic mass is 16.7. The second-order valence-electron chi connectivity index (χ2n) is 3.79. The molecule has 0 saturated carbocycles. The van der Waals surface area contributed by atoms with E-state index in [2.05, 4.69) is 0 Å². The highest BCUT2D eigenvalue weighted by molar-refractivity contribution is 5.74. The van der Waals surface area contributed by atoms with Crippen LogP contribution >= 0.6 is 0 Å². The van der Waals surface area contributed by atoms with Crippen LogP contribution in [0.15, 0.2) is 12.3 Å². The second-order valence-corrected chi connectivity index (χ2v) is 3.79. The van der Waals surface area contributed by atoms with Crippen molar-refractivity contribution in [2.75, 3.05) is 28.1 Å². The Morgan fingerprint density at radius 1 is 1.14 bits per heavy atom. The standard InChI is InChI=1S/C12H14N2O8/c1-19-7-22-9-6-8(4-5-13(15)16)10(14(17)18)12(21-3)11(9)20-2/h4-6H,7H2,1-3H3/b5-4+. The fourth-order valence-electron chi connectivity index (χ4n) is 1.69. The Hall–Kier alpha value is -2.88. The summed E-state index contributed by atoms with van der Waals surface area (Å²) in [6, 6.07) is 1.23. The Balaban J connectivity index is 3.58. The SMILES string of the molecule is COCOc1cc(/C=C/[N+](=O)[O-])c([N+](=O)[O-])c(OC)c1OC. The molecule has 0 radical (unpaired) electrons. The van der Waals surface area contributed by atoms with Crippen LogP contribution in [0.25, 0.3) is 6.08 Å². The molecule has 0 atom stereocenters. The monoisotopic (exact) mass is 314 g/mol. The summed E-state index contributed by atoms with van der Waals surface area (Å²) in [4.78, 5) is 20.2. The van der Waals surface area contributed by atoms with Gasteiger partial charge >= 0.3 is 5.69 Å². The maximum atomic E-state index is 11.2. The first-order valence-electron chi connectivity index (χ1n) is 5.83. The molecular formula is C12H14N2O8. The van der Waals surface area contributed by atoms with Gasteiger partial charge in [0.15, 0.2) is 12.5 Å². The van der Waals surface area contributed by atoms with E-state index in [1.54, 1.807) is 0 Å². The van der Waals surface area contributed by atoms with Crippen molar-refractivity contribution in [2.45, 2.75) is 0 Å². The van der Waals surface area contributed by atoms with Crippen LogP contribution in [-0.2, 0) is 4.74 Å². The van der Waals surface area contributed by atoms with Crippen molar-refractivity contribution < 1.29 is 28.8 Å². The van der Waals surface area contributed by atoms with Crippen LogP contribution in [-0.4, -0.2) is 38.0 Å². The fourth-order valence-corrected chi connectivity index (χ4v) is 1.69. The average molecular weight is 314 g/mol. The van der Waals surface area contributed by atoms with Crippen molar-refractivity contribution in [1.29, 1.82) is 0 Å². The van der Waals surface area contributed by atoms with Gasteiger partial charge < -0.3 is 18.9 Å². The molecule has 1 rings (SSSR count). The maximum Gasteiger partial charge on any atom is 0.322 e. The molecule has 10 heteroatoms. The third kappa shape index (κ3) is 3.82. The number of hydrogen-bond donors (Lipinski definition) is 0. The first-order valence-corrected chi connectivity index (χ1v) is 5.83. The zero-order valence-corrected chi connectivity index (χ0v) is 12.1. The van der Waals surface area contributed by atoms with Gasteiger partial charge in [-0.2, -0.15) is 0 Å². The zero-order valence-electron chi connectivity index (χ0n) is 12.1. The average Bonchev–Trinajstić information content (AvgIpc) is 2.48. The van der Waals surface area contributed by atoms with Crippen LogP contribution in [0.5, 0.6) is 17.2 Å². The van der Waals surface area contributed by atoms with Gasteiger partial charge in [-0.25, -0.2) is 0 Å². The summed E-state index contributed by atoms with van der Waals surface area (Å²) in [6.07, 6.45) is 1.55. The molecule has 0 aliphatic heterocycles. The topological polar surface area (TPSA) is 123 Å². The van der Waals surface area contributed by atoms with Crippen molar-refractivity contribution in [3.8, 4) is 17.2 Å². The van der Waals surface area contributed by atoms with Gasteiger partial charge in [-0.1, -0.05) is 0 Å². The number of nitro groups is 2. The number of methoxy groups -OCH3 is 3. The van der Waals surface area contributed by atoms with E-state index in [9.17, 15) is 20.2 Å². The molecule has 0 saturated heterocycles. The van der Waals surface area contributed by atoms with E-state index in [0.29, 0.717) is 6.20 Å². The third-order valence-electron chi connectivity index (χ3n) is 2.50. The second kappa shape index (κ2) is 7.78. The predicted octanol–water partition coefficient (Wildman–Crippen LogP) is 1.84. The van der Waals surface area contributed by atoms with Crippen LogP contribution in [0.1, 0.15) is 5.56 Å². The minimum atomic E-state index is -0.740. The lowest BCUT2D eigenvalue weighted by Crippen LogP contribution is -2.05. The lowest BCUT2D eigenvalue weighted by molar-refractivity contribution is -0.401. The molecule has 0 aromatic heterocycles. The Kier molecular flexibility index (Phi) is 6.08. The quantitative estimate of drug-likeness (QED) is 0.404. The summed E-state index contributed by atoms with van der Waals surface area (Å²) in [5.41, 5.74) is -0.535. The first-order chi connectivity index (χ1) is 10.5. The van der Waals surface area contributed by atoms with Crippen molar-refractivity contribution in [1.82, 2.24) is 0 Å². The summed E-state index contributed by atoms with van der Waals surface area (Å²) >= 11 is 0. The largest absolute Gasteiger partial charge is 0.490 e. The molecule has 10 nitrogen and oxygen atoms in total. The summed E-state index contributed by atoms with van der Waals surface area (Å²) in [5, 5.41) is 21.7. The number of rotatable bonds is 8. The lowest BCUT2D eigenvalue weighted by Gasteiger charge is -2.14. The van der Waals surface area contributed by atoms with Crippen LogP contribution < -0.4 is 14.2 Å². The van der Waals surface area contributed by atoms with Gasteiger partial charge in [0.25, 0.3) is 0 Å². The van der Waals surface area contributed by atoms with E-state index in [1.165, 1.54) is 27.4 Å². The highest BCUT2D eigenvalue weighted by Gasteiger charge is 2.28. The van der Waals surface area contributed by atoms with Crippen molar-refractivity contribution in [3.05, 3.63) is 38.1 Å². The van der Waals surface area contributed by atoms with Gasteiger partial charge in [-0.05, 0) is 6.07 Å². The molecule has 1 aromatic carbocycles. The van der Waals surface area contributed by atoms with Crippen molar-refractivity contribution >= 4 is 11.8 Å². The lowest BCUT2D eigenvalue weighted by atomic mass is 10.1. The van der Waals surface area contributed by atoms with E-state index in [0.717, 1.165) is 6.08 Å². The van der Waals surface area contributed by atoms with Gasteiger partial charge in [0.1, 0.15) is 0 Å². The van der Waals surface area contributed by atoms with E-state index in [1.807, 2.05) is 0 Å². The summed E-state index contributed by atoms with van der Waals surface area (Å²) in [6.45, 7) is -0.143. The van der Waals surface area contributed by atoms with E-state index >= 15 is 0 Å². The van der Waals surface area contributed by atoms with Crippen LogP contribution in [0.2, 0.25) is 0 Å². The van der Waals surface area contributed by atoms with Gasteiger partial charge in [-0.3, -0.25) is 20.2 Å². The summed E-state index contributed by atoms with van der Waals surface area (Å²) in [7, 11) is 3.89. The molecule has 0 unspecified atom stereocenters. The number of nitro benzene ring substituents is 1. The molecule has 0 aliphatic rings. The Morgan fingerprint density at radius 3 is 2.23 bits per heavy atom. The highest BCUT2D eigenvalue weighted by Crippen LogP contribution is 2.46. The molecule has 0 heterocycles. The molecule has 120 valence electrons. The zero-order chi connectivity index (χ0) is 16.7. The van der Waals surface area contributed by atoms with Crippen LogP contribution in [0.3, 0.4) is 0 Å². The number of benzene rings is 1. The van der Waals surface area contributed by atoms with E-state index < -0.39 is 15.5 Å². The van der Waals surface area contributed by atoms with Gasteiger partial charge in [-0.15, -0.1) is 0 Å². The molecule has 1 aromatic rings. The smallest absolute Gasteiger partial charge is 0.322 e. The number of hydrogen-bond acceptors (Lipinski definition) is 8. The van der Waals surface area contributed by atoms with Gasteiger partial charge in [0, 0.05) is 13.2 Å². The van der Waals surface area contributed by atoms with Gasteiger partial charge in [0.05, 0.1) is 29.6 Å². The minimum absolute atomic E-state index is 0.00972. The first kappa shape index (κ1) is 17.2. The molecule has 0 amide bonds. The predicted molar refractivity (Wildman–Crippen MR) is 74.7 cm³/mol. The third-order valence-corrected chi connectivity index (χ3v) is 2.50. The molecule has 22 heavy (non-hydrogen) atoms. The van der Waals surface area contributed by atoms with E-state index in [4.69, 9.17) is 18.9 Å². The number of ether oxygens (including phenoxy) is 4. The Bertz CT molecular complexity index is 599. The van der Waals surface area contributed by atoms with Crippen molar-refractivity contribution in [3.63, 3.8) is 0 Å². The van der Waals surface area contributed by atoms with Gasteiger partial charge in [0.2, 0.25) is 17.7 Å². The molecular weight excluding hydrogens is 300 g/mol. The minimum Gasteiger partial charge on any atom is -0.490 e. The van der Waals surface area contributed by atoms with E-state index in [-0.39, 0.29) is 29.6 Å². The maximum absolute atomic E-state index is 11.2. The van der Waals surface area contributed by atoms with Crippen LogP contribution in [0, 0.1) is 20.2 Å². The Morgan fingerprint density at radius 2 is 1.77 bits per heavy atom. The molecule has 0 aliphatic carbocycles. The number of nitrogens with zero attached hydrogens (tertiary/aromatic N) is 2. The van der Waals surface area contributed by atoms with Crippen LogP contribution in [0.4, 0.5) is 5.69 Å². The molecule has 0 N–H and O–H groups in total. The van der Waals surface area contributed by atoms with Crippen molar-refractivity contribution in [2.24, 2.45) is 0 Å². The molecule has 0 fully saturated rings. The molecule has 0 bridgehead atoms. The Labute approximate surface area is 125 Å².